The molecule has 2 heterocycles. The molecule has 1 amide bonds. The first kappa shape index (κ1) is 17.7. The van der Waals surface area contributed by atoms with Gasteiger partial charge in [-0.1, -0.05) is 0 Å². The Morgan fingerprint density at radius 2 is 2.11 bits per heavy atom. The zero-order valence-electron chi connectivity index (χ0n) is 14.8. The van der Waals surface area contributed by atoms with E-state index in [-0.39, 0.29) is 18.1 Å². The Bertz CT molecular complexity index is 1040. The number of anilines is 1. The monoisotopic (exact) mass is 387 g/mol. The molecule has 0 spiro atoms. The van der Waals surface area contributed by atoms with Crippen molar-refractivity contribution >= 4 is 39.2 Å². The highest BCUT2D eigenvalue weighted by Gasteiger charge is 2.27. The number of thiophene rings is 1. The molecule has 0 fully saturated rings. The fraction of sp³-hybridized carbons (Fsp3) is 0.300. The lowest BCUT2D eigenvalue weighted by Crippen LogP contribution is -2.16. The van der Waals surface area contributed by atoms with Gasteiger partial charge in [0.05, 0.1) is 25.4 Å². The molecule has 0 saturated heterocycles. The summed E-state index contributed by atoms with van der Waals surface area (Å²) in [6.07, 6.45) is 5.31. The van der Waals surface area contributed by atoms with E-state index >= 15 is 0 Å². The molecular weight excluding hydrogens is 369 g/mol. The highest BCUT2D eigenvalue weighted by atomic mass is 32.1. The summed E-state index contributed by atoms with van der Waals surface area (Å²) in [5.74, 6) is -1.10. The lowest BCUT2D eigenvalue weighted by atomic mass is 9.95. The first-order chi connectivity index (χ1) is 13.1. The second-order valence-electron chi connectivity index (χ2n) is 6.53. The molecule has 3 aromatic rings. The lowest BCUT2D eigenvalue weighted by molar-refractivity contribution is -0.115. The number of aryl methyl sites for hydroxylation is 1. The number of hydrogen-bond acceptors (Lipinski definition) is 5. The summed E-state index contributed by atoms with van der Waals surface area (Å²) in [6, 6.07) is 4.20. The van der Waals surface area contributed by atoms with E-state index in [0.717, 1.165) is 36.1 Å². The van der Waals surface area contributed by atoms with Crippen molar-refractivity contribution in [3.63, 3.8) is 0 Å². The Morgan fingerprint density at radius 3 is 2.93 bits per heavy atom. The van der Waals surface area contributed by atoms with Gasteiger partial charge in [0.25, 0.3) is 0 Å². The molecule has 0 radical (unpaired) electrons. The molecule has 0 unspecified atom stereocenters. The average Bonchev–Trinajstić information content (AvgIpc) is 3.21. The summed E-state index contributed by atoms with van der Waals surface area (Å²) in [7, 11) is 1.34. The Balaban J connectivity index is 1.60. The van der Waals surface area contributed by atoms with E-state index in [1.165, 1.54) is 42.9 Å². The molecular formula is C20H18FNO4S. The normalized spacial score (nSPS) is 13.4. The summed E-state index contributed by atoms with van der Waals surface area (Å²) in [5, 5.41) is 3.94. The number of furan rings is 1. The third-order valence-electron chi connectivity index (χ3n) is 4.78. The third kappa shape index (κ3) is 3.35. The molecule has 0 bridgehead atoms. The average molecular weight is 387 g/mol. The minimum atomic E-state index is -0.430. The fourth-order valence-corrected chi connectivity index (χ4v) is 4.80. The number of rotatable bonds is 4. The van der Waals surface area contributed by atoms with E-state index in [1.807, 2.05) is 0 Å². The van der Waals surface area contributed by atoms with Crippen molar-refractivity contribution < 1.29 is 23.1 Å². The number of hydrogen-bond donors (Lipinski definition) is 1. The van der Waals surface area contributed by atoms with Crippen molar-refractivity contribution in [1.29, 1.82) is 0 Å². The SMILES string of the molecule is COC(=O)c1c(NC(=O)Cc2coc3ccc(F)cc23)sc2c1CCCC2. The number of nitrogens with one attached hydrogen (secondary N) is 1. The van der Waals surface area contributed by atoms with E-state index in [4.69, 9.17) is 9.15 Å². The van der Waals surface area contributed by atoms with Gasteiger partial charge in [-0.15, -0.1) is 11.3 Å². The number of amides is 1. The highest BCUT2D eigenvalue weighted by Crippen LogP contribution is 2.38. The molecule has 1 aromatic carbocycles. The zero-order valence-corrected chi connectivity index (χ0v) is 15.6. The third-order valence-corrected chi connectivity index (χ3v) is 5.99. The van der Waals surface area contributed by atoms with Gasteiger partial charge in [0, 0.05) is 15.8 Å². The van der Waals surface area contributed by atoms with Crippen LogP contribution in [0.1, 0.15) is 39.2 Å². The van der Waals surface area contributed by atoms with Crippen LogP contribution in [0.15, 0.2) is 28.9 Å². The molecule has 27 heavy (non-hydrogen) atoms. The quantitative estimate of drug-likeness (QED) is 0.670. The number of carbonyl (C=O) groups is 2. The fourth-order valence-electron chi connectivity index (χ4n) is 3.51. The van der Waals surface area contributed by atoms with E-state index in [9.17, 15) is 14.0 Å². The highest BCUT2D eigenvalue weighted by molar-refractivity contribution is 7.17. The van der Waals surface area contributed by atoms with Crippen LogP contribution in [-0.4, -0.2) is 19.0 Å². The largest absolute Gasteiger partial charge is 0.465 e. The van der Waals surface area contributed by atoms with Crippen LogP contribution in [0.3, 0.4) is 0 Å². The topological polar surface area (TPSA) is 68.5 Å². The number of fused-ring (bicyclic) bond motifs is 2. The van der Waals surface area contributed by atoms with Crippen molar-refractivity contribution in [2.24, 2.45) is 0 Å². The Hall–Kier alpha value is -2.67. The molecule has 1 aliphatic carbocycles. The van der Waals surface area contributed by atoms with Crippen LogP contribution in [0.2, 0.25) is 0 Å². The van der Waals surface area contributed by atoms with Crippen LogP contribution >= 0.6 is 11.3 Å². The van der Waals surface area contributed by atoms with Crippen molar-refractivity contribution in [3.8, 4) is 0 Å². The predicted octanol–water partition coefficient (Wildman–Crippen LogP) is 4.48. The molecule has 2 aromatic heterocycles. The standard InChI is InChI=1S/C20H18FNO4S/c1-25-20(24)18-13-4-2-3-5-16(13)27-19(18)22-17(23)8-11-10-26-15-7-6-12(21)9-14(11)15/h6-7,9-10H,2-5,8H2,1H3,(H,22,23). The zero-order chi connectivity index (χ0) is 19.0. The number of methoxy groups -OCH3 is 1. The molecule has 0 aliphatic heterocycles. The van der Waals surface area contributed by atoms with E-state index in [0.29, 0.717) is 27.1 Å². The number of benzene rings is 1. The van der Waals surface area contributed by atoms with Gasteiger partial charge in [-0.25, -0.2) is 9.18 Å². The van der Waals surface area contributed by atoms with Crippen molar-refractivity contribution in [2.75, 3.05) is 12.4 Å². The number of esters is 1. The van der Waals surface area contributed by atoms with E-state index < -0.39 is 5.97 Å². The van der Waals surface area contributed by atoms with E-state index in [2.05, 4.69) is 5.32 Å². The maximum Gasteiger partial charge on any atom is 0.341 e. The molecule has 4 rings (SSSR count). The van der Waals surface area contributed by atoms with Crippen LogP contribution in [0.25, 0.3) is 11.0 Å². The van der Waals surface area contributed by atoms with Gasteiger partial charge in [0.15, 0.2) is 0 Å². The van der Waals surface area contributed by atoms with Crippen LogP contribution < -0.4 is 5.32 Å². The minimum Gasteiger partial charge on any atom is -0.465 e. The Kier molecular flexibility index (Phi) is 4.70. The summed E-state index contributed by atoms with van der Waals surface area (Å²) < 4.78 is 23.8. The summed E-state index contributed by atoms with van der Waals surface area (Å²) >= 11 is 1.44. The Labute approximate surface area is 159 Å². The Morgan fingerprint density at radius 1 is 1.30 bits per heavy atom. The van der Waals surface area contributed by atoms with Gasteiger partial charge in [0.2, 0.25) is 5.91 Å². The summed E-state index contributed by atoms with van der Waals surface area (Å²) in [6.45, 7) is 0. The number of carbonyl (C=O) groups excluding carboxylic acids is 2. The van der Waals surface area contributed by atoms with Crippen molar-refractivity contribution in [3.05, 3.63) is 51.8 Å². The van der Waals surface area contributed by atoms with Gasteiger partial charge in [-0.2, -0.15) is 0 Å². The lowest BCUT2D eigenvalue weighted by Gasteiger charge is -2.11. The number of halogens is 1. The smallest absolute Gasteiger partial charge is 0.341 e. The predicted molar refractivity (Wildman–Crippen MR) is 101 cm³/mol. The number of ether oxygens (including phenoxy) is 1. The van der Waals surface area contributed by atoms with E-state index in [1.54, 1.807) is 0 Å². The first-order valence-corrected chi connectivity index (χ1v) is 9.57. The molecule has 1 aliphatic rings. The molecule has 0 saturated carbocycles. The van der Waals surface area contributed by atoms with Gasteiger partial charge in [-0.3, -0.25) is 4.79 Å². The molecule has 7 heteroatoms. The van der Waals surface area contributed by atoms with Crippen LogP contribution in [0, 0.1) is 5.82 Å². The second-order valence-corrected chi connectivity index (χ2v) is 7.64. The minimum absolute atomic E-state index is 0.0274. The molecule has 1 N–H and O–H groups in total. The molecule has 5 nitrogen and oxygen atoms in total. The second kappa shape index (κ2) is 7.15. The molecule has 0 atom stereocenters. The van der Waals surface area contributed by atoms with Gasteiger partial charge in [-0.05, 0) is 49.4 Å². The first-order valence-electron chi connectivity index (χ1n) is 8.75. The summed E-state index contributed by atoms with van der Waals surface area (Å²) in [4.78, 5) is 26.0. The van der Waals surface area contributed by atoms with Crippen molar-refractivity contribution in [2.45, 2.75) is 32.1 Å². The maximum absolute atomic E-state index is 13.5. The summed E-state index contributed by atoms with van der Waals surface area (Å²) in [5.41, 5.74) is 2.59. The van der Waals surface area contributed by atoms with Crippen LogP contribution in [0.5, 0.6) is 0 Å². The van der Waals surface area contributed by atoms with Gasteiger partial charge >= 0.3 is 5.97 Å². The van der Waals surface area contributed by atoms with Crippen LogP contribution in [-0.2, 0) is 28.8 Å². The van der Waals surface area contributed by atoms with Gasteiger partial charge in [0.1, 0.15) is 16.4 Å². The van der Waals surface area contributed by atoms with Crippen LogP contribution in [0.4, 0.5) is 9.39 Å². The van der Waals surface area contributed by atoms with Crippen molar-refractivity contribution in [1.82, 2.24) is 0 Å². The molecule has 140 valence electrons. The maximum atomic E-state index is 13.5. The van der Waals surface area contributed by atoms with Gasteiger partial charge < -0.3 is 14.5 Å².